The number of urea groups is 1. The molecule has 43 heavy (non-hydrogen) atoms. The number of morpholine rings is 1. The van der Waals surface area contributed by atoms with Crippen LogP contribution in [-0.2, 0) is 16.7 Å². The van der Waals surface area contributed by atoms with Gasteiger partial charge < -0.3 is 20.1 Å². The number of rotatable bonds is 7. The summed E-state index contributed by atoms with van der Waals surface area (Å²) in [7, 11) is 0. The Hall–Kier alpha value is -3.94. The highest BCUT2D eigenvalue weighted by atomic mass is 16.5. The number of fused-ring (bicyclic) bond motifs is 1. The van der Waals surface area contributed by atoms with Gasteiger partial charge in [0.2, 0.25) is 0 Å². The lowest BCUT2D eigenvalue weighted by molar-refractivity contribution is 0.0336. The summed E-state index contributed by atoms with van der Waals surface area (Å²) in [5, 5.41) is 8.24. The van der Waals surface area contributed by atoms with Gasteiger partial charge in [0.1, 0.15) is 5.75 Å². The number of hydrogen-bond donors (Lipinski definition) is 2. The SMILES string of the molecule is CC(C)(C)c1cccc(NC(=O)Nc2ccc(-c3ccc(CN4CCOCC4)nc3)c3ccccc23)c1OC1CCCC1. The predicted molar refractivity (Wildman–Crippen MR) is 174 cm³/mol. The van der Waals surface area contributed by atoms with Crippen molar-refractivity contribution in [1.29, 1.82) is 0 Å². The maximum absolute atomic E-state index is 13.4. The molecule has 2 amide bonds. The number of amides is 2. The number of benzene rings is 3. The van der Waals surface area contributed by atoms with E-state index in [1.54, 1.807) is 0 Å². The average molecular weight is 579 g/mol. The smallest absolute Gasteiger partial charge is 0.323 e. The summed E-state index contributed by atoms with van der Waals surface area (Å²) in [4.78, 5) is 20.6. The second-order valence-corrected chi connectivity index (χ2v) is 12.7. The zero-order valence-corrected chi connectivity index (χ0v) is 25.5. The number of carbonyl (C=O) groups excluding carboxylic acids is 1. The van der Waals surface area contributed by atoms with E-state index in [1.807, 2.05) is 42.6 Å². The van der Waals surface area contributed by atoms with Crippen LogP contribution in [0.1, 0.15) is 57.7 Å². The molecule has 0 spiro atoms. The molecule has 1 aliphatic heterocycles. The molecule has 3 aromatic carbocycles. The van der Waals surface area contributed by atoms with E-state index in [1.165, 1.54) is 12.8 Å². The summed E-state index contributed by atoms with van der Waals surface area (Å²) in [6.45, 7) is 10.8. The first-order chi connectivity index (χ1) is 20.8. The van der Waals surface area contributed by atoms with Crippen LogP contribution in [0.4, 0.5) is 16.2 Å². The third-order valence-corrected chi connectivity index (χ3v) is 8.46. The average Bonchev–Trinajstić information content (AvgIpc) is 3.52. The Morgan fingerprint density at radius 2 is 1.65 bits per heavy atom. The number of nitrogens with zero attached hydrogens (tertiary/aromatic N) is 2. The third-order valence-electron chi connectivity index (χ3n) is 8.46. The van der Waals surface area contributed by atoms with Gasteiger partial charge in [0.05, 0.1) is 36.4 Å². The summed E-state index contributed by atoms with van der Waals surface area (Å²) in [5.41, 5.74) is 5.60. The molecular formula is C36H42N4O3. The molecule has 0 bridgehead atoms. The third kappa shape index (κ3) is 6.84. The van der Waals surface area contributed by atoms with Gasteiger partial charge in [-0.15, -0.1) is 0 Å². The van der Waals surface area contributed by atoms with Crippen molar-refractivity contribution >= 4 is 28.2 Å². The molecule has 224 valence electrons. The van der Waals surface area contributed by atoms with E-state index in [9.17, 15) is 4.79 Å². The van der Waals surface area contributed by atoms with Crippen molar-refractivity contribution in [3.8, 4) is 16.9 Å². The fraction of sp³-hybridized carbons (Fsp3) is 0.389. The number of hydrogen-bond acceptors (Lipinski definition) is 5. The Morgan fingerprint density at radius 3 is 2.37 bits per heavy atom. The minimum absolute atomic E-state index is 0.121. The first-order valence-electron chi connectivity index (χ1n) is 15.5. The Bertz CT molecular complexity index is 1570. The summed E-state index contributed by atoms with van der Waals surface area (Å²) < 4.78 is 12.0. The van der Waals surface area contributed by atoms with E-state index in [4.69, 9.17) is 14.5 Å². The molecule has 1 saturated carbocycles. The number of aromatic nitrogens is 1. The van der Waals surface area contributed by atoms with Crippen molar-refractivity contribution in [1.82, 2.24) is 9.88 Å². The van der Waals surface area contributed by atoms with Gasteiger partial charge in [-0.3, -0.25) is 9.88 Å². The molecule has 1 aromatic heterocycles. The highest BCUT2D eigenvalue weighted by molar-refractivity contribution is 6.10. The van der Waals surface area contributed by atoms with Crippen molar-refractivity contribution in [3.05, 3.63) is 84.2 Å². The number of ether oxygens (including phenoxy) is 2. The highest BCUT2D eigenvalue weighted by Crippen LogP contribution is 2.40. The lowest BCUT2D eigenvalue weighted by Crippen LogP contribution is -2.35. The van der Waals surface area contributed by atoms with Crippen LogP contribution in [0.25, 0.3) is 21.9 Å². The van der Waals surface area contributed by atoms with E-state index in [0.717, 1.165) is 90.3 Å². The van der Waals surface area contributed by atoms with Crippen LogP contribution >= 0.6 is 0 Å². The molecule has 2 heterocycles. The molecule has 6 rings (SSSR count). The summed E-state index contributed by atoms with van der Waals surface area (Å²) in [5.74, 6) is 0.779. The van der Waals surface area contributed by atoms with E-state index in [2.05, 4.69) is 66.6 Å². The molecule has 7 nitrogen and oxygen atoms in total. The Kier molecular flexibility index (Phi) is 8.63. The minimum atomic E-state index is -0.297. The van der Waals surface area contributed by atoms with Crippen molar-refractivity contribution in [2.45, 2.75) is 64.5 Å². The van der Waals surface area contributed by atoms with E-state index in [0.29, 0.717) is 5.69 Å². The zero-order valence-electron chi connectivity index (χ0n) is 25.5. The monoisotopic (exact) mass is 578 g/mol. The zero-order chi connectivity index (χ0) is 29.8. The van der Waals surface area contributed by atoms with Gasteiger partial charge in [-0.25, -0.2) is 4.79 Å². The first-order valence-corrected chi connectivity index (χ1v) is 15.5. The summed E-state index contributed by atoms with van der Waals surface area (Å²) in [6, 6.07) is 22.2. The van der Waals surface area contributed by atoms with Crippen LogP contribution < -0.4 is 15.4 Å². The standard InChI is InChI=1S/C36H42N4O3/c1-36(2,3)31-13-8-14-33(34(31)43-27-9-4-5-10-27)39-35(41)38-32-18-17-28(29-11-6-7-12-30(29)32)25-15-16-26(37-23-25)24-40-19-21-42-22-20-40/h6-8,11-18,23,27H,4-5,9-10,19-22,24H2,1-3H3,(H2,38,39,41). The maximum Gasteiger partial charge on any atom is 0.323 e. The Labute approximate surface area is 254 Å². The molecule has 2 fully saturated rings. The summed E-state index contributed by atoms with van der Waals surface area (Å²) >= 11 is 0. The molecule has 2 N–H and O–H groups in total. The largest absolute Gasteiger partial charge is 0.488 e. The molecule has 0 radical (unpaired) electrons. The molecule has 4 aromatic rings. The number of anilines is 2. The molecule has 0 unspecified atom stereocenters. The van der Waals surface area contributed by atoms with Gasteiger partial charge in [-0.2, -0.15) is 0 Å². The fourth-order valence-corrected chi connectivity index (χ4v) is 6.13. The number of carbonyl (C=O) groups is 1. The van der Waals surface area contributed by atoms with Crippen LogP contribution in [0, 0.1) is 0 Å². The van der Waals surface area contributed by atoms with E-state index >= 15 is 0 Å². The van der Waals surface area contributed by atoms with Crippen LogP contribution in [0.2, 0.25) is 0 Å². The predicted octanol–water partition coefficient (Wildman–Crippen LogP) is 8.00. The molecule has 1 aliphatic carbocycles. The van der Waals surface area contributed by atoms with Gasteiger partial charge in [-0.05, 0) is 60.2 Å². The first kappa shape index (κ1) is 29.1. The van der Waals surface area contributed by atoms with Gasteiger partial charge in [-0.1, -0.05) is 69.3 Å². The van der Waals surface area contributed by atoms with Crippen molar-refractivity contribution in [3.63, 3.8) is 0 Å². The number of nitrogens with one attached hydrogen (secondary N) is 2. The van der Waals surface area contributed by atoms with Gasteiger partial charge >= 0.3 is 6.03 Å². The van der Waals surface area contributed by atoms with E-state index < -0.39 is 0 Å². The van der Waals surface area contributed by atoms with Crippen LogP contribution in [-0.4, -0.2) is 48.3 Å². The lowest BCUT2D eigenvalue weighted by Gasteiger charge is -2.27. The van der Waals surface area contributed by atoms with Gasteiger partial charge in [0, 0.05) is 42.3 Å². The lowest BCUT2D eigenvalue weighted by atomic mass is 9.86. The van der Waals surface area contributed by atoms with Gasteiger partial charge in [0.25, 0.3) is 0 Å². The second kappa shape index (κ2) is 12.7. The van der Waals surface area contributed by atoms with Crippen LogP contribution in [0.3, 0.4) is 0 Å². The van der Waals surface area contributed by atoms with Crippen molar-refractivity contribution in [2.24, 2.45) is 0 Å². The minimum Gasteiger partial charge on any atom is -0.488 e. The maximum atomic E-state index is 13.4. The molecule has 1 saturated heterocycles. The topological polar surface area (TPSA) is 75.7 Å². The van der Waals surface area contributed by atoms with Crippen molar-refractivity contribution in [2.75, 3.05) is 36.9 Å². The molecular weight excluding hydrogens is 536 g/mol. The Balaban J connectivity index is 1.22. The van der Waals surface area contributed by atoms with Crippen molar-refractivity contribution < 1.29 is 14.3 Å². The second-order valence-electron chi connectivity index (χ2n) is 12.7. The van der Waals surface area contributed by atoms with Crippen LogP contribution in [0.5, 0.6) is 5.75 Å². The molecule has 2 aliphatic rings. The molecule has 0 atom stereocenters. The number of pyridine rings is 1. The fourth-order valence-electron chi connectivity index (χ4n) is 6.13. The van der Waals surface area contributed by atoms with Crippen LogP contribution in [0.15, 0.2) is 72.9 Å². The highest BCUT2D eigenvalue weighted by Gasteiger charge is 2.26. The quantitative estimate of drug-likeness (QED) is 0.232. The number of para-hydroxylation sites is 1. The summed E-state index contributed by atoms with van der Waals surface area (Å²) in [6.07, 6.45) is 6.60. The normalized spacial score (nSPS) is 16.3. The Morgan fingerprint density at radius 1 is 0.907 bits per heavy atom. The molecule has 7 heteroatoms. The van der Waals surface area contributed by atoms with E-state index in [-0.39, 0.29) is 17.6 Å². The van der Waals surface area contributed by atoms with Gasteiger partial charge in [0.15, 0.2) is 0 Å².